The number of aromatic nitrogens is 2. The van der Waals surface area contributed by atoms with Crippen LogP contribution in [0.25, 0.3) is 0 Å². The van der Waals surface area contributed by atoms with Crippen LogP contribution in [0.3, 0.4) is 0 Å². The molecule has 1 aromatic carbocycles. The topological polar surface area (TPSA) is 51.0 Å². The first kappa shape index (κ1) is 13.5. The Balaban J connectivity index is 2.11. The Hall–Kier alpha value is -1.91. The quantitative estimate of drug-likeness (QED) is 0.911. The van der Waals surface area contributed by atoms with E-state index < -0.39 is 0 Å². The summed E-state index contributed by atoms with van der Waals surface area (Å²) in [4.78, 5) is 4.31. The molecule has 1 N–H and O–H groups in total. The molecule has 1 unspecified atom stereocenters. The molecule has 0 spiro atoms. The number of aryl methyl sites for hydroxylation is 1. The van der Waals surface area contributed by atoms with Crippen LogP contribution in [0.15, 0.2) is 22.7 Å². The van der Waals surface area contributed by atoms with Gasteiger partial charge in [0, 0.05) is 11.6 Å². The summed E-state index contributed by atoms with van der Waals surface area (Å²) >= 11 is 0. The fourth-order valence-corrected chi connectivity index (χ4v) is 1.65. The molecule has 102 valence electrons. The second-order valence-corrected chi connectivity index (χ2v) is 4.98. The Morgan fingerprint density at radius 2 is 2.00 bits per heavy atom. The van der Waals surface area contributed by atoms with Crippen LogP contribution in [0.5, 0.6) is 0 Å². The van der Waals surface area contributed by atoms with E-state index in [-0.39, 0.29) is 17.8 Å². The lowest BCUT2D eigenvalue weighted by molar-refractivity contribution is 0.361. The summed E-state index contributed by atoms with van der Waals surface area (Å²) in [6.07, 6.45) is 0. The maximum Gasteiger partial charge on any atom is 0.248 e. The fraction of sp³-hybridized carbons (Fsp3) is 0.429. The van der Waals surface area contributed by atoms with Crippen molar-refractivity contribution >= 4 is 5.69 Å². The maximum absolute atomic E-state index is 13.5. The summed E-state index contributed by atoms with van der Waals surface area (Å²) in [7, 11) is 0. The van der Waals surface area contributed by atoms with Gasteiger partial charge in [0.2, 0.25) is 5.89 Å². The Morgan fingerprint density at radius 1 is 1.26 bits per heavy atom. The molecular weight excluding hydrogens is 245 g/mol. The summed E-state index contributed by atoms with van der Waals surface area (Å²) in [5.41, 5.74) is 1.32. The minimum atomic E-state index is -0.231. The van der Waals surface area contributed by atoms with Crippen LogP contribution >= 0.6 is 0 Å². The summed E-state index contributed by atoms with van der Waals surface area (Å²) in [5.74, 6) is 1.18. The number of rotatable bonds is 4. The van der Waals surface area contributed by atoms with Gasteiger partial charge in [-0.25, -0.2) is 4.39 Å². The largest absolute Gasteiger partial charge is 0.374 e. The van der Waals surface area contributed by atoms with Crippen LogP contribution in [-0.2, 0) is 0 Å². The summed E-state index contributed by atoms with van der Waals surface area (Å²) < 4.78 is 18.6. The van der Waals surface area contributed by atoms with E-state index in [1.807, 2.05) is 26.8 Å². The zero-order valence-corrected chi connectivity index (χ0v) is 11.6. The molecule has 1 heterocycles. The Kier molecular flexibility index (Phi) is 3.83. The van der Waals surface area contributed by atoms with Crippen LogP contribution in [0.4, 0.5) is 10.1 Å². The van der Waals surface area contributed by atoms with Crippen molar-refractivity contribution < 1.29 is 8.91 Å². The van der Waals surface area contributed by atoms with E-state index in [0.29, 0.717) is 23.0 Å². The van der Waals surface area contributed by atoms with Gasteiger partial charge in [0.15, 0.2) is 5.82 Å². The number of nitrogens with zero attached hydrogens (tertiary/aromatic N) is 2. The Labute approximate surface area is 112 Å². The van der Waals surface area contributed by atoms with Crippen molar-refractivity contribution in [1.29, 1.82) is 0 Å². The molecule has 0 aliphatic heterocycles. The van der Waals surface area contributed by atoms with Crippen LogP contribution < -0.4 is 5.32 Å². The maximum atomic E-state index is 13.5. The minimum Gasteiger partial charge on any atom is -0.374 e. The lowest BCUT2D eigenvalue weighted by atomic mass is 10.2. The highest BCUT2D eigenvalue weighted by atomic mass is 19.1. The van der Waals surface area contributed by atoms with E-state index in [4.69, 9.17) is 4.52 Å². The van der Waals surface area contributed by atoms with Gasteiger partial charge in [-0.2, -0.15) is 4.98 Å². The van der Waals surface area contributed by atoms with Gasteiger partial charge in [-0.1, -0.05) is 25.1 Å². The molecule has 2 aromatic rings. The van der Waals surface area contributed by atoms with Crippen LogP contribution in [0, 0.1) is 12.7 Å². The highest BCUT2D eigenvalue weighted by Gasteiger charge is 2.16. The average Bonchev–Trinajstić information content (AvgIpc) is 2.83. The van der Waals surface area contributed by atoms with Crippen molar-refractivity contribution in [3.63, 3.8) is 0 Å². The van der Waals surface area contributed by atoms with Gasteiger partial charge >= 0.3 is 0 Å². The zero-order chi connectivity index (χ0) is 14.0. The molecule has 4 nitrogen and oxygen atoms in total. The highest BCUT2D eigenvalue weighted by Crippen LogP contribution is 2.21. The number of benzene rings is 1. The number of hydrogen-bond acceptors (Lipinski definition) is 4. The van der Waals surface area contributed by atoms with Crippen molar-refractivity contribution in [2.24, 2.45) is 0 Å². The number of nitrogens with one attached hydrogen (secondary N) is 1. The van der Waals surface area contributed by atoms with E-state index in [9.17, 15) is 4.39 Å². The van der Waals surface area contributed by atoms with Gasteiger partial charge in [0.25, 0.3) is 0 Å². The molecule has 0 amide bonds. The lowest BCUT2D eigenvalue weighted by Gasteiger charge is -2.11. The van der Waals surface area contributed by atoms with Crippen molar-refractivity contribution in [2.45, 2.75) is 39.7 Å². The van der Waals surface area contributed by atoms with Crippen LogP contribution in [0.1, 0.15) is 50.0 Å². The molecule has 0 fully saturated rings. The third-order valence-electron chi connectivity index (χ3n) is 2.90. The van der Waals surface area contributed by atoms with Gasteiger partial charge in [-0.15, -0.1) is 0 Å². The molecule has 0 bridgehead atoms. The van der Waals surface area contributed by atoms with E-state index in [2.05, 4.69) is 15.5 Å². The number of halogens is 1. The summed E-state index contributed by atoms with van der Waals surface area (Å²) in [6, 6.07) is 4.86. The normalized spacial score (nSPS) is 12.7. The molecule has 1 aromatic heterocycles. The first-order valence-electron chi connectivity index (χ1n) is 6.33. The predicted molar refractivity (Wildman–Crippen MR) is 71.6 cm³/mol. The molecule has 5 heteroatoms. The van der Waals surface area contributed by atoms with Gasteiger partial charge < -0.3 is 9.84 Å². The van der Waals surface area contributed by atoms with E-state index in [0.717, 1.165) is 0 Å². The highest BCUT2D eigenvalue weighted by molar-refractivity contribution is 5.46. The second kappa shape index (κ2) is 5.38. The van der Waals surface area contributed by atoms with Crippen molar-refractivity contribution in [3.8, 4) is 0 Å². The lowest BCUT2D eigenvalue weighted by Crippen LogP contribution is -2.07. The number of hydrogen-bond donors (Lipinski definition) is 1. The van der Waals surface area contributed by atoms with E-state index >= 15 is 0 Å². The molecule has 0 aliphatic carbocycles. The SMILES string of the molecule is Cc1ccc(NC(C)c2nc(C(C)C)no2)cc1F. The number of anilines is 1. The third-order valence-corrected chi connectivity index (χ3v) is 2.90. The van der Waals surface area contributed by atoms with Crippen molar-refractivity contribution in [3.05, 3.63) is 41.3 Å². The molecule has 0 radical (unpaired) electrons. The van der Waals surface area contributed by atoms with Gasteiger partial charge in [-0.3, -0.25) is 0 Å². The van der Waals surface area contributed by atoms with Gasteiger partial charge in [0.05, 0.1) is 0 Å². The monoisotopic (exact) mass is 263 g/mol. The van der Waals surface area contributed by atoms with Crippen LogP contribution in [0.2, 0.25) is 0 Å². The molecule has 0 saturated carbocycles. The molecule has 0 saturated heterocycles. The first-order chi connectivity index (χ1) is 8.97. The standard InChI is InChI=1S/C14H18FN3O/c1-8(2)13-17-14(19-18-13)10(4)16-11-6-5-9(3)12(15)7-11/h5-8,10,16H,1-4H3. The van der Waals surface area contributed by atoms with Crippen molar-refractivity contribution in [1.82, 2.24) is 10.1 Å². The van der Waals surface area contributed by atoms with E-state index in [1.54, 1.807) is 13.0 Å². The smallest absolute Gasteiger partial charge is 0.248 e. The van der Waals surface area contributed by atoms with Crippen LogP contribution in [-0.4, -0.2) is 10.1 Å². The predicted octanol–water partition coefficient (Wildman–Crippen LogP) is 3.81. The Morgan fingerprint density at radius 3 is 2.58 bits per heavy atom. The van der Waals surface area contributed by atoms with Gasteiger partial charge in [0.1, 0.15) is 11.9 Å². The summed E-state index contributed by atoms with van der Waals surface area (Å²) in [6.45, 7) is 7.63. The zero-order valence-electron chi connectivity index (χ0n) is 11.6. The fourth-order valence-electron chi connectivity index (χ4n) is 1.65. The summed E-state index contributed by atoms with van der Waals surface area (Å²) in [5, 5.41) is 7.05. The van der Waals surface area contributed by atoms with Crippen molar-refractivity contribution in [2.75, 3.05) is 5.32 Å². The Bertz CT molecular complexity index is 566. The molecule has 0 aliphatic rings. The average molecular weight is 263 g/mol. The molecular formula is C14H18FN3O. The minimum absolute atomic E-state index is 0.165. The second-order valence-electron chi connectivity index (χ2n) is 4.98. The third kappa shape index (κ3) is 3.10. The van der Waals surface area contributed by atoms with E-state index in [1.165, 1.54) is 6.07 Å². The first-order valence-corrected chi connectivity index (χ1v) is 6.33. The molecule has 1 atom stereocenters. The molecule has 19 heavy (non-hydrogen) atoms. The molecule has 2 rings (SSSR count). The van der Waals surface area contributed by atoms with Gasteiger partial charge in [-0.05, 0) is 31.5 Å².